The summed E-state index contributed by atoms with van der Waals surface area (Å²) in [4.78, 5) is 0. The van der Waals surface area contributed by atoms with E-state index in [9.17, 15) is 15.3 Å². The number of allylic oxidation sites excluding steroid dienone is 1. The second-order valence-electron chi connectivity index (χ2n) is 12.4. The quantitative estimate of drug-likeness (QED) is 0.529. The van der Waals surface area contributed by atoms with E-state index >= 15 is 0 Å². The fraction of sp³-hybridized carbons (Fsp3) is 0.926. The maximum absolute atomic E-state index is 11.6. The average Bonchev–Trinajstić information content (AvgIpc) is 2.99. The van der Waals surface area contributed by atoms with Crippen molar-refractivity contribution in [2.24, 2.45) is 46.3 Å². The number of aliphatic hydroxyl groups is 3. The third-order valence-electron chi connectivity index (χ3n) is 10.3. The molecule has 0 aliphatic heterocycles. The largest absolute Gasteiger partial charge is 0.393 e. The van der Waals surface area contributed by atoms with Gasteiger partial charge in [-0.1, -0.05) is 65.5 Å². The molecule has 4 aliphatic carbocycles. The zero-order valence-corrected chi connectivity index (χ0v) is 20.0. The molecule has 0 amide bonds. The molecule has 3 fully saturated rings. The summed E-state index contributed by atoms with van der Waals surface area (Å²) >= 11 is 0. The van der Waals surface area contributed by atoms with Crippen molar-refractivity contribution in [3.63, 3.8) is 0 Å². The third-order valence-corrected chi connectivity index (χ3v) is 10.3. The van der Waals surface area contributed by atoms with Gasteiger partial charge in [-0.3, -0.25) is 0 Å². The molecule has 0 saturated heterocycles. The Kier molecular flexibility index (Phi) is 6.23. The van der Waals surface area contributed by atoms with Gasteiger partial charge in [-0.25, -0.2) is 0 Å². The fourth-order valence-corrected chi connectivity index (χ4v) is 8.84. The van der Waals surface area contributed by atoms with E-state index in [4.69, 9.17) is 0 Å². The van der Waals surface area contributed by atoms with Crippen molar-refractivity contribution in [3.05, 3.63) is 11.6 Å². The van der Waals surface area contributed by atoms with E-state index in [2.05, 4.69) is 40.7 Å². The second kappa shape index (κ2) is 8.19. The lowest BCUT2D eigenvalue weighted by molar-refractivity contribution is -0.159. The molecule has 0 aromatic rings. The van der Waals surface area contributed by atoms with Crippen LogP contribution in [0, 0.1) is 46.3 Å². The second-order valence-corrected chi connectivity index (χ2v) is 12.4. The third kappa shape index (κ3) is 3.52. The molecule has 3 N–H and O–H groups in total. The first-order chi connectivity index (χ1) is 14.1. The zero-order chi connectivity index (χ0) is 21.8. The van der Waals surface area contributed by atoms with Gasteiger partial charge in [0.2, 0.25) is 0 Å². The summed E-state index contributed by atoms with van der Waals surface area (Å²) in [5, 5.41) is 32.8. The molecule has 0 aromatic carbocycles. The van der Waals surface area contributed by atoms with E-state index in [1.807, 2.05) is 0 Å². The fourth-order valence-electron chi connectivity index (χ4n) is 8.84. The molecule has 4 aliphatic rings. The van der Waals surface area contributed by atoms with Crippen molar-refractivity contribution in [2.45, 2.75) is 111 Å². The number of hydrogen-bond donors (Lipinski definition) is 3. The molecule has 30 heavy (non-hydrogen) atoms. The lowest BCUT2D eigenvalue weighted by Crippen LogP contribution is -2.60. The molecule has 3 nitrogen and oxygen atoms in total. The minimum atomic E-state index is -0.550. The summed E-state index contributed by atoms with van der Waals surface area (Å²) in [6.07, 6.45) is 10.5. The molecule has 3 saturated carbocycles. The van der Waals surface area contributed by atoms with Crippen LogP contribution in [-0.4, -0.2) is 33.6 Å². The van der Waals surface area contributed by atoms with Gasteiger partial charge >= 0.3 is 0 Å². The molecule has 0 heterocycles. The van der Waals surface area contributed by atoms with Crippen LogP contribution in [0.4, 0.5) is 0 Å². The Morgan fingerprint density at radius 3 is 2.50 bits per heavy atom. The Balaban J connectivity index is 1.57. The summed E-state index contributed by atoms with van der Waals surface area (Å²) in [7, 11) is 0. The molecule has 0 bridgehead atoms. The van der Waals surface area contributed by atoms with E-state index in [0.29, 0.717) is 30.6 Å². The predicted octanol–water partition coefficient (Wildman–Crippen LogP) is 5.33. The van der Waals surface area contributed by atoms with Gasteiger partial charge in [-0.15, -0.1) is 0 Å². The molecular formula is C27H46O3. The highest BCUT2D eigenvalue weighted by molar-refractivity contribution is 5.28. The van der Waals surface area contributed by atoms with Crippen molar-refractivity contribution >= 4 is 0 Å². The Bertz CT molecular complexity index is 656. The van der Waals surface area contributed by atoms with Gasteiger partial charge < -0.3 is 15.3 Å². The first-order valence-corrected chi connectivity index (χ1v) is 12.8. The van der Waals surface area contributed by atoms with Crippen molar-refractivity contribution in [1.82, 2.24) is 0 Å². The summed E-state index contributed by atoms with van der Waals surface area (Å²) in [6.45, 7) is 11.8. The molecule has 10 unspecified atom stereocenters. The Hall–Kier alpha value is -0.380. The number of fused-ring (bicyclic) bond motifs is 5. The Morgan fingerprint density at radius 2 is 1.80 bits per heavy atom. The van der Waals surface area contributed by atoms with Gasteiger partial charge in [0.1, 0.15) is 0 Å². The molecule has 4 rings (SSSR count). The van der Waals surface area contributed by atoms with Crippen molar-refractivity contribution in [1.29, 1.82) is 0 Å². The SMILES string of the molecule is CC(C)CCCC(C)C1CCC2C3CC=C4CC(O)CC(O)C4(C)C3C(O)CC12C. The highest BCUT2D eigenvalue weighted by Crippen LogP contribution is 2.67. The monoisotopic (exact) mass is 418 g/mol. The maximum atomic E-state index is 11.6. The van der Waals surface area contributed by atoms with Crippen LogP contribution >= 0.6 is 0 Å². The standard InChI is InChI=1S/C27H46O3/c1-16(2)7-6-8-17(3)21-11-12-22-20-10-9-18-13-19(28)14-24(30)27(18,5)25(20)23(29)15-26(21,22)4/h9,16-17,19-25,28-30H,6-8,10-15H2,1-5H3. The highest BCUT2D eigenvalue weighted by Gasteiger charge is 2.63. The van der Waals surface area contributed by atoms with Gasteiger partial charge in [0.15, 0.2) is 0 Å². The Labute approximate surface area is 184 Å². The molecule has 0 aromatic heterocycles. The molecular weight excluding hydrogens is 372 g/mol. The summed E-state index contributed by atoms with van der Waals surface area (Å²) in [5.41, 5.74) is 1.05. The van der Waals surface area contributed by atoms with Crippen molar-refractivity contribution < 1.29 is 15.3 Å². The minimum absolute atomic E-state index is 0.132. The van der Waals surface area contributed by atoms with Crippen LogP contribution in [-0.2, 0) is 0 Å². The van der Waals surface area contributed by atoms with E-state index in [0.717, 1.165) is 24.7 Å². The molecule has 3 heteroatoms. The van der Waals surface area contributed by atoms with Crippen LogP contribution in [0.2, 0.25) is 0 Å². The average molecular weight is 419 g/mol. The predicted molar refractivity (Wildman–Crippen MR) is 122 cm³/mol. The maximum Gasteiger partial charge on any atom is 0.0659 e. The topological polar surface area (TPSA) is 60.7 Å². The Morgan fingerprint density at radius 1 is 1.07 bits per heavy atom. The van der Waals surface area contributed by atoms with Gasteiger partial charge in [-0.05, 0) is 73.0 Å². The van der Waals surface area contributed by atoms with Crippen molar-refractivity contribution in [2.75, 3.05) is 0 Å². The molecule has 0 radical (unpaired) electrons. The van der Waals surface area contributed by atoms with Crippen LogP contribution in [0.15, 0.2) is 11.6 Å². The number of hydrogen-bond acceptors (Lipinski definition) is 3. The van der Waals surface area contributed by atoms with E-state index < -0.39 is 12.2 Å². The molecule has 0 spiro atoms. The van der Waals surface area contributed by atoms with Crippen molar-refractivity contribution in [3.8, 4) is 0 Å². The molecule has 172 valence electrons. The smallest absolute Gasteiger partial charge is 0.0659 e. The van der Waals surface area contributed by atoms with Crippen LogP contribution in [0.1, 0.15) is 92.4 Å². The summed E-state index contributed by atoms with van der Waals surface area (Å²) in [6, 6.07) is 0. The summed E-state index contributed by atoms with van der Waals surface area (Å²) < 4.78 is 0. The number of aliphatic hydroxyl groups excluding tert-OH is 3. The molecule has 10 atom stereocenters. The first kappa shape index (κ1) is 22.8. The van der Waals surface area contributed by atoms with Gasteiger partial charge in [0.25, 0.3) is 0 Å². The first-order valence-electron chi connectivity index (χ1n) is 12.8. The minimum Gasteiger partial charge on any atom is -0.393 e. The lowest BCUT2D eigenvalue weighted by atomic mass is 9.45. The van der Waals surface area contributed by atoms with Crippen LogP contribution in [0.3, 0.4) is 0 Å². The van der Waals surface area contributed by atoms with Crippen LogP contribution < -0.4 is 0 Å². The van der Waals surface area contributed by atoms with Gasteiger partial charge in [0, 0.05) is 11.8 Å². The van der Waals surface area contributed by atoms with Gasteiger partial charge in [0.05, 0.1) is 18.3 Å². The zero-order valence-electron chi connectivity index (χ0n) is 20.0. The van der Waals surface area contributed by atoms with Crippen LogP contribution in [0.25, 0.3) is 0 Å². The number of rotatable bonds is 5. The van der Waals surface area contributed by atoms with Crippen LogP contribution in [0.5, 0.6) is 0 Å². The van der Waals surface area contributed by atoms with E-state index in [1.54, 1.807) is 0 Å². The highest BCUT2D eigenvalue weighted by atomic mass is 16.3. The van der Waals surface area contributed by atoms with E-state index in [1.165, 1.54) is 37.7 Å². The van der Waals surface area contributed by atoms with E-state index in [-0.39, 0.29) is 22.9 Å². The lowest BCUT2D eigenvalue weighted by Gasteiger charge is -2.61. The summed E-state index contributed by atoms with van der Waals surface area (Å²) in [5.74, 6) is 3.46. The van der Waals surface area contributed by atoms with Gasteiger partial charge in [-0.2, -0.15) is 0 Å². The normalized spacial score (nSPS) is 49.2.